The highest BCUT2D eigenvalue weighted by molar-refractivity contribution is 5.77. The zero-order chi connectivity index (χ0) is 19.4. The minimum Gasteiger partial charge on any atom is -0.352 e. The van der Waals surface area contributed by atoms with Gasteiger partial charge in [0, 0.05) is 19.1 Å². The van der Waals surface area contributed by atoms with Crippen molar-refractivity contribution in [2.75, 3.05) is 0 Å². The van der Waals surface area contributed by atoms with E-state index in [0.29, 0.717) is 24.3 Å². The molecule has 1 aliphatic rings. The normalized spacial score (nSPS) is 14.9. The zero-order valence-corrected chi connectivity index (χ0v) is 16.2. The third-order valence-corrected chi connectivity index (χ3v) is 5.21. The third kappa shape index (κ3) is 3.99. The minimum atomic E-state index is -0.461. The molecule has 0 aliphatic heterocycles. The van der Waals surface area contributed by atoms with Crippen molar-refractivity contribution in [3.8, 4) is 0 Å². The predicted molar refractivity (Wildman–Crippen MR) is 104 cm³/mol. The molecule has 0 saturated heterocycles. The van der Waals surface area contributed by atoms with Gasteiger partial charge in [-0.15, -0.1) is 0 Å². The molecule has 0 unspecified atom stereocenters. The highest BCUT2D eigenvalue weighted by Gasteiger charge is 2.21. The van der Waals surface area contributed by atoms with Crippen molar-refractivity contribution >= 4 is 17.1 Å². The summed E-state index contributed by atoms with van der Waals surface area (Å²) in [5, 5.41) is 2.95. The van der Waals surface area contributed by atoms with Crippen LogP contribution in [-0.2, 0) is 24.4 Å². The molecule has 1 aliphatic carbocycles. The molecule has 0 atom stereocenters. The van der Waals surface area contributed by atoms with Gasteiger partial charge in [-0.05, 0) is 25.7 Å². The summed E-state index contributed by atoms with van der Waals surface area (Å²) in [6.07, 6.45) is 8.41. The van der Waals surface area contributed by atoms with Crippen LogP contribution in [0.2, 0.25) is 0 Å². The van der Waals surface area contributed by atoms with Gasteiger partial charge in [0.05, 0.1) is 6.33 Å². The summed E-state index contributed by atoms with van der Waals surface area (Å²) in [7, 11) is 0. The topological polar surface area (TPSA) is 90.9 Å². The van der Waals surface area contributed by atoms with Crippen LogP contribution in [0.1, 0.15) is 58.8 Å². The van der Waals surface area contributed by atoms with Crippen LogP contribution in [-0.4, -0.2) is 30.6 Å². The molecule has 2 aromatic rings. The standard InChI is InChI=1S/C19H29N5O3/c1-3-5-11-22-13-20-17-16(22)18(26)24(19(27)23(17)10-4-2)12-15(25)21-14-8-6-7-9-14/h13-14H,3-12H2,1-2H3,(H,21,25). The molecule has 1 N–H and O–H groups in total. The van der Waals surface area contributed by atoms with Gasteiger partial charge in [0.1, 0.15) is 6.54 Å². The van der Waals surface area contributed by atoms with Crippen LogP contribution in [0.15, 0.2) is 15.9 Å². The average Bonchev–Trinajstić information content (AvgIpc) is 3.30. The van der Waals surface area contributed by atoms with Gasteiger partial charge < -0.3 is 9.88 Å². The van der Waals surface area contributed by atoms with Crippen molar-refractivity contribution in [2.45, 2.75) is 84.5 Å². The molecule has 3 rings (SSSR count). The van der Waals surface area contributed by atoms with Crippen LogP contribution in [0, 0.1) is 0 Å². The van der Waals surface area contributed by atoms with Crippen LogP contribution < -0.4 is 16.6 Å². The number of hydrogen-bond acceptors (Lipinski definition) is 4. The number of carbonyl (C=O) groups excluding carboxylic acids is 1. The largest absolute Gasteiger partial charge is 0.352 e. The van der Waals surface area contributed by atoms with Crippen LogP contribution in [0.5, 0.6) is 0 Å². The van der Waals surface area contributed by atoms with Crippen molar-refractivity contribution in [1.82, 2.24) is 24.0 Å². The summed E-state index contributed by atoms with van der Waals surface area (Å²) in [5.74, 6) is -0.275. The van der Waals surface area contributed by atoms with Gasteiger partial charge in [-0.3, -0.25) is 14.2 Å². The fourth-order valence-corrected chi connectivity index (χ4v) is 3.79. The molecule has 8 heteroatoms. The highest BCUT2D eigenvalue weighted by Crippen LogP contribution is 2.17. The molecular formula is C19H29N5O3. The zero-order valence-electron chi connectivity index (χ0n) is 16.2. The third-order valence-electron chi connectivity index (χ3n) is 5.21. The number of nitrogens with zero attached hydrogens (tertiary/aromatic N) is 4. The molecule has 1 amide bonds. The van der Waals surface area contributed by atoms with Crippen LogP contribution >= 0.6 is 0 Å². The van der Waals surface area contributed by atoms with Crippen molar-refractivity contribution in [2.24, 2.45) is 0 Å². The average molecular weight is 375 g/mol. The number of unbranched alkanes of at least 4 members (excludes halogenated alkanes) is 1. The summed E-state index contributed by atoms with van der Waals surface area (Å²) >= 11 is 0. The van der Waals surface area contributed by atoms with E-state index in [0.717, 1.165) is 49.5 Å². The lowest BCUT2D eigenvalue weighted by Gasteiger charge is -2.14. The van der Waals surface area contributed by atoms with Crippen LogP contribution in [0.3, 0.4) is 0 Å². The van der Waals surface area contributed by atoms with E-state index < -0.39 is 11.2 Å². The van der Waals surface area contributed by atoms with Gasteiger partial charge in [-0.2, -0.15) is 0 Å². The molecule has 27 heavy (non-hydrogen) atoms. The maximum atomic E-state index is 13.0. The number of carbonyl (C=O) groups is 1. The molecule has 0 aromatic carbocycles. The number of hydrogen-bond donors (Lipinski definition) is 1. The first-order valence-electron chi connectivity index (χ1n) is 10.0. The van der Waals surface area contributed by atoms with Gasteiger partial charge in [0.15, 0.2) is 11.2 Å². The number of rotatable bonds is 8. The Morgan fingerprint density at radius 3 is 2.56 bits per heavy atom. The van der Waals surface area contributed by atoms with Gasteiger partial charge in [-0.1, -0.05) is 33.1 Å². The van der Waals surface area contributed by atoms with E-state index in [1.54, 1.807) is 10.9 Å². The molecule has 0 radical (unpaired) electrons. The number of imidazole rings is 1. The second kappa shape index (κ2) is 8.54. The fraction of sp³-hybridized carbons (Fsp3) is 0.684. The highest BCUT2D eigenvalue weighted by atomic mass is 16.2. The Morgan fingerprint density at radius 2 is 1.89 bits per heavy atom. The van der Waals surface area contributed by atoms with Crippen molar-refractivity contribution in [3.05, 3.63) is 27.2 Å². The molecule has 148 valence electrons. The summed E-state index contributed by atoms with van der Waals surface area (Å²) in [4.78, 5) is 42.7. The lowest BCUT2D eigenvalue weighted by molar-refractivity contribution is -0.122. The molecular weight excluding hydrogens is 346 g/mol. The van der Waals surface area contributed by atoms with Gasteiger partial charge in [0.25, 0.3) is 5.56 Å². The lowest BCUT2D eigenvalue weighted by Crippen LogP contribution is -2.45. The van der Waals surface area contributed by atoms with Gasteiger partial charge >= 0.3 is 5.69 Å². The first-order valence-corrected chi connectivity index (χ1v) is 10.0. The second-order valence-electron chi connectivity index (χ2n) is 7.34. The fourth-order valence-electron chi connectivity index (χ4n) is 3.79. The van der Waals surface area contributed by atoms with Crippen molar-refractivity contribution in [3.63, 3.8) is 0 Å². The number of amides is 1. The van der Waals surface area contributed by atoms with E-state index in [4.69, 9.17) is 0 Å². The second-order valence-corrected chi connectivity index (χ2v) is 7.34. The summed E-state index contributed by atoms with van der Waals surface area (Å²) in [6.45, 7) is 4.94. The van der Waals surface area contributed by atoms with E-state index in [2.05, 4.69) is 17.2 Å². The number of aryl methyl sites for hydroxylation is 2. The first kappa shape index (κ1) is 19.4. The number of aromatic nitrogens is 4. The van der Waals surface area contributed by atoms with E-state index in [-0.39, 0.29) is 18.5 Å². The molecule has 1 fully saturated rings. The summed E-state index contributed by atoms with van der Waals surface area (Å²) in [6, 6.07) is 0.157. The maximum absolute atomic E-state index is 13.0. The summed E-state index contributed by atoms with van der Waals surface area (Å²) in [5.41, 5.74) is -0.0743. The smallest absolute Gasteiger partial charge is 0.333 e. The summed E-state index contributed by atoms with van der Waals surface area (Å²) < 4.78 is 4.38. The number of fused-ring (bicyclic) bond motifs is 1. The first-order chi connectivity index (χ1) is 13.1. The van der Waals surface area contributed by atoms with E-state index in [1.165, 1.54) is 4.57 Å². The maximum Gasteiger partial charge on any atom is 0.333 e. The van der Waals surface area contributed by atoms with E-state index in [1.807, 2.05) is 6.92 Å². The van der Waals surface area contributed by atoms with Crippen molar-refractivity contribution < 1.29 is 4.79 Å². The molecule has 2 aromatic heterocycles. The lowest BCUT2D eigenvalue weighted by atomic mass is 10.2. The Bertz CT molecular complexity index is 918. The van der Waals surface area contributed by atoms with Gasteiger partial charge in [-0.25, -0.2) is 14.3 Å². The Morgan fingerprint density at radius 1 is 1.15 bits per heavy atom. The Kier molecular flexibility index (Phi) is 6.13. The SMILES string of the molecule is CCCCn1cnc2c1c(=O)n(CC(=O)NC1CCCC1)c(=O)n2CCC. The molecule has 1 saturated carbocycles. The van der Waals surface area contributed by atoms with E-state index in [9.17, 15) is 14.4 Å². The molecule has 2 heterocycles. The van der Waals surface area contributed by atoms with Crippen LogP contribution in [0.25, 0.3) is 11.2 Å². The van der Waals surface area contributed by atoms with Gasteiger partial charge in [0.2, 0.25) is 5.91 Å². The van der Waals surface area contributed by atoms with Crippen molar-refractivity contribution in [1.29, 1.82) is 0 Å². The Balaban J connectivity index is 2.00. The Hall–Kier alpha value is -2.38. The minimum absolute atomic E-state index is 0.157. The van der Waals surface area contributed by atoms with E-state index >= 15 is 0 Å². The quantitative estimate of drug-likeness (QED) is 0.759. The molecule has 8 nitrogen and oxygen atoms in total. The Labute approximate surface area is 158 Å². The molecule has 0 spiro atoms. The molecule has 0 bridgehead atoms. The number of nitrogens with one attached hydrogen (secondary N) is 1. The monoisotopic (exact) mass is 375 g/mol. The predicted octanol–water partition coefficient (Wildman–Crippen LogP) is 1.63. The van der Waals surface area contributed by atoms with Crippen LogP contribution in [0.4, 0.5) is 0 Å².